The number of carbonyl (C=O) groups is 1. The number of halogens is 7. The van der Waals surface area contributed by atoms with Crippen LogP contribution in [0.15, 0.2) is 66.9 Å². The third-order valence-corrected chi connectivity index (χ3v) is 6.99. The Kier molecular flexibility index (Phi) is 8.20. The van der Waals surface area contributed by atoms with Gasteiger partial charge in [-0.15, -0.1) is 13.2 Å². The summed E-state index contributed by atoms with van der Waals surface area (Å²) in [7, 11) is 0. The number of hydrogen-bond donors (Lipinski definition) is 1. The maximum atomic E-state index is 13.4. The average molecular weight is 609 g/mol. The fraction of sp³-hybridized carbons (Fsp3) is 0.241. The molecule has 4 aromatic rings. The molecule has 0 fully saturated rings. The van der Waals surface area contributed by atoms with Crippen molar-refractivity contribution in [2.75, 3.05) is 13.1 Å². The number of fused-ring (bicyclic) bond motifs is 3. The van der Waals surface area contributed by atoms with Gasteiger partial charge >= 0.3 is 18.6 Å². The zero-order valence-electron chi connectivity index (χ0n) is 21.8. The lowest BCUT2D eigenvalue weighted by atomic mass is 10.0. The van der Waals surface area contributed by atoms with Crippen molar-refractivity contribution in [1.82, 2.24) is 19.8 Å². The minimum atomic E-state index is -4.90. The van der Waals surface area contributed by atoms with Crippen molar-refractivity contribution < 1.29 is 35.9 Å². The summed E-state index contributed by atoms with van der Waals surface area (Å²) in [5.74, 6) is -0.448. The van der Waals surface area contributed by atoms with E-state index in [2.05, 4.69) is 19.9 Å². The van der Waals surface area contributed by atoms with E-state index in [1.165, 1.54) is 41.1 Å². The maximum absolute atomic E-state index is 13.4. The number of rotatable bonds is 6. The van der Waals surface area contributed by atoms with Crippen molar-refractivity contribution >= 4 is 34.6 Å². The first-order valence-electron chi connectivity index (χ1n) is 12.7. The largest absolute Gasteiger partial charge is 0.573 e. The molecule has 0 unspecified atom stereocenters. The highest BCUT2D eigenvalue weighted by molar-refractivity contribution is 6.29. The molecule has 5 rings (SSSR count). The Morgan fingerprint density at radius 2 is 1.81 bits per heavy atom. The van der Waals surface area contributed by atoms with Crippen LogP contribution < -0.4 is 10.1 Å². The summed E-state index contributed by atoms with van der Waals surface area (Å²) in [6.45, 7) is 1.54. The van der Waals surface area contributed by atoms with Gasteiger partial charge in [0.05, 0.1) is 11.1 Å². The van der Waals surface area contributed by atoms with E-state index >= 15 is 0 Å². The lowest BCUT2D eigenvalue weighted by molar-refractivity contribution is -0.274. The van der Waals surface area contributed by atoms with E-state index in [4.69, 9.17) is 11.6 Å². The summed E-state index contributed by atoms with van der Waals surface area (Å²) >= 11 is 5.92. The Morgan fingerprint density at radius 3 is 2.50 bits per heavy atom. The number of benzene rings is 2. The van der Waals surface area contributed by atoms with Gasteiger partial charge in [0.2, 0.25) is 0 Å². The van der Waals surface area contributed by atoms with Crippen LogP contribution in [0.3, 0.4) is 0 Å². The molecule has 0 saturated heterocycles. The third-order valence-electron chi connectivity index (χ3n) is 6.78. The number of nitrogens with zero attached hydrogens (tertiary/aromatic N) is 3. The molecule has 1 aliphatic heterocycles. The number of pyridine rings is 1. The molecule has 1 aliphatic rings. The number of amides is 1. The Hall–Kier alpha value is -4.03. The van der Waals surface area contributed by atoms with Gasteiger partial charge in [0.15, 0.2) is 0 Å². The molecule has 0 aliphatic carbocycles. The van der Waals surface area contributed by atoms with Crippen molar-refractivity contribution in [3.8, 4) is 5.75 Å². The smallest absolute Gasteiger partial charge is 0.406 e. The maximum Gasteiger partial charge on any atom is 0.573 e. The van der Waals surface area contributed by atoms with Crippen LogP contribution in [0.25, 0.3) is 17.0 Å². The first-order valence-corrected chi connectivity index (χ1v) is 13.1. The standard InChI is InChI=1S/C29H23ClF6N4O2/c30-26-14-19(9-11-37-26)16-38-27(41)40-24-10-13-39(12-1-2-18-3-5-20(6-4-18)28(31,32)33)17-23(24)22-8-7-21(15-25(22)40)42-29(34,35)36/h1-9,11,14-15H,10,12-13,16-17H2,(H,38,41)/b2-1+. The molecule has 6 nitrogen and oxygen atoms in total. The van der Waals surface area contributed by atoms with Gasteiger partial charge in [-0.3, -0.25) is 9.47 Å². The first kappa shape index (κ1) is 29.5. The molecule has 2 aromatic carbocycles. The van der Waals surface area contributed by atoms with E-state index < -0.39 is 29.9 Å². The first-order chi connectivity index (χ1) is 19.9. The van der Waals surface area contributed by atoms with Gasteiger partial charge in [-0.25, -0.2) is 9.78 Å². The average Bonchev–Trinajstić information content (AvgIpc) is 3.23. The molecular formula is C29H23ClF6N4O2. The molecule has 0 radical (unpaired) electrons. The van der Waals surface area contributed by atoms with E-state index in [1.807, 2.05) is 6.08 Å². The van der Waals surface area contributed by atoms with Crippen molar-refractivity contribution in [3.63, 3.8) is 0 Å². The van der Waals surface area contributed by atoms with E-state index in [0.29, 0.717) is 48.3 Å². The molecule has 42 heavy (non-hydrogen) atoms. The Balaban J connectivity index is 1.38. The molecule has 0 spiro atoms. The molecule has 220 valence electrons. The van der Waals surface area contributed by atoms with E-state index in [-0.39, 0.29) is 17.2 Å². The van der Waals surface area contributed by atoms with Gasteiger partial charge in [0.25, 0.3) is 0 Å². The summed E-state index contributed by atoms with van der Waals surface area (Å²) in [6, 6.07) is 11.5. The SMILES string of the molecule is O=C(NCc1ccnc(Cl)c1)n1c2c(c3ccc(OC(F)(F)F)cc31)CN(C/C=C/c1ccc(C(F)(F)F)cc1)CC2. The highest BCUT2D eigenvalue weighted by Crippen LogP contribution is 2.35. The van der Waals surface area contributed by atoms with Crippen molar-refractivity contribution in [2.45, 2.75) is 32.0 Å². The fourth-order valence-corrected chi connectivity index (χ4v) is 5.11. The molecule has 13 heteroatoms. The van der Waals surface area contributed by atoms with Crippen LogP contribution in [0.1, 0.15) is 27.9 Å². The van der Waals surface area contributed by atoms with Crippen LogP contribution in [0.2, 0.25) is 5.15 Å². The second-order valence-corrected chi connectivity index (χ2v) is 10.0. The second kappa shape index (κ2) is 11.7. The second-order valence-electron chi connectivity index (χ2n) is 9.64. The van der Waals surface area contributed by atoms with Crippen LogP contribution in [0.4, 0.5) is 31.1 Å². The summed E-state index contributed by atoms with van der Waals surface area (Å²) in [6.07, 6.45) is -3.83. The highest BCUT2D eigenvalue weighted by atomic mass is 35.5. The lowest BCUT2D eigenvalue weighted by Crippen LogP contribution is -2.34. The normalized spacial score (nSPS) is 14.4. The number of hydrogen-bond acceptors (Lipinski definition) is 4. The van der Waals surface area contributed by atoms with Crippen molar-refractivity contribution in [1.29, 1.82) is 0 Å². The van der Waals surface area contributed by atoms with Gasteiger partial charge in [0, 0.05) is 55.9 Å². The monoisotopic (exact) mass is 608 g/mol. The zero-order chi connectivity index (χ0) is 30.1. The topological polar surface area (TPSA) is 59.4 Å². The van der Waals surface area contributed by atoms with E-state index in [1.54, 1.807) is 18.2 Å². The van der Waals surface area contributed by atoms with Crippen LogP contribution in [0, 0.1) is 0 Å². The molecule has 2 aromatic heterocycles. The molecule has 0 saturated carbocycles. The summed E-state index contributed by atoms with van der Waals surface area (Å²) in [4.78, 5) is 19.4. The van der Waals surface area contributed by atoms with Gasteiger partial charge in [0.1, 0.15) is 10.9 Å². The Morgan fingerprint density at radius 1 is 1.05 bits per heavy atom. The predicted octanol–water partition coefficient (Wildman–Crippen LogP) is 7.44. The summed E-state index contributed by atoms with van der Waals surface area (Å²) in [5.41, 5.74) is 2.32. The Labute approximate surface area is 241 Å². The molecule has 1 amide bonds. The molecular weight excluding hydrogens is 586 g/mol. The number of alkyl halides is 6. The zero-order valence-corrected chi connectivity index (χ0v) is 22.5. The highest BCUT2D eigenvalue weighted by Gasteiger charge is 2.33. The van der Waals surface area contributed by atoms with E-state index in [0.717, 1.165) is 17.7 Å². The lowest BCUT2D eigenvalue weighted by Gasteiger charge is -2.27. The minimum absolute atomic E-state index is 0.120. The molecule has 0 atom stereocenters. The number of carbonyl (C=O) groups excluding carboxylic acids is 1. The summed E-state index contributed by atoms with van der Waals surface area (Å²) in [5, 5.41) is 3.66. The number of ether oxygens (including phenoxy) is 1. The fourth-order valence-electron chi connectivity index (χ4n) is 4.91. The van der Waals surface area contributed by atoms with Gasteiger partial charge in [-0.05, 0) is 53.1 Å². The number of nitrogens with one attached hydrogen (secondary N) is 1. The van der Waals surface area contributed by atoms with Crippen molar-refractivity contribution in [2.24, 2.45) is 0 Å². The molecule has 3 heterocycles. The molecule has 0 bridgehead atoms. The van der Waals surface area contributed by atoms with Crippen LogP contribution in [0.5, 0.6) is 5.75 Å². The van der Waals surface area contributed by atoms with E-state index in [9.17, 15) is 31.1 Å². The van der Waals surface area contributed by atoms with Gasteiger partial charge < -0.3 is 10.1 Å². The van der Waals surface area contributed by atoms with Gasteiger partial charge in [-0.2, -0.15) is 13.2 Å². The van der Waals surface area contributed by atoms with Gasteiger partial charge in [-0.1, -0.05) is 35.9 Å². The van der Waals surface area contributed by atoms with Crippen LogP contribution in [-0.4, -0.2) is 39.9 Å². The predicted molar refractivity (Wildman–Crippen MR) is 145 cm³/mol. The third kappa shape index (κ3) is 6.88. The Bertz CT molecular complexity index is 1630. The number of aromatic nitrogens is 2. The quantitative estimate of drug-likeness (QED) is 0.183. The van der Waals surface area contributed by atoms with Crippen LogP contribution >= 0.6 is 11.6 Å². The summed E-state index contributed by atoms with van der Waals surface area (Å²) < 4.78 is 82.8. The van der Waals surface area contributed by atoms with Crippen LogP contribution in [-0.2, 0) is 25.7 Å². The minimum Gasteiger partial charge on any atom is -0.406 e. The van der Waals surface area contributed by atoms with Crippen molar-refractivity contribution in [3.05, 3.63) is 100.0 Å². The molecule has 1 N–H and O–H groups in total.